The number of cyclic esters (lactones) is 1. The molecule has 26 heavy (non-hydrogen) atoms. The van der Waals surface area contributed by atoms with E-state index in [9.17, 15) is 9.59 Å². The molecule has 2 rings (SSSR count). The van der Waals surface area contributed by atoms with E-state index in [1.54, 1.807) is 6.92 Å². The molecule has 0 aromatic rings. The number of esters is 2. The minimum atomic E-state index is -2.18. The molecule has 6 heteroatoms. The van der Waals surface area contributed by atoms with Crippen molar-refractivity contribution in [2.75, 3.05) is 13.2 Å². The fraction of sp³-hybridized carbons (Fsp3) is 0.800. The van der Waals surface area contributed by atoms with Gasteiger partial charge >= 0.3 is 11.9 Å². The summed E-state index contributed by atoms with van der Waals surface area (Å²) in [5.74, 6) is -0.773. The second-order valence-electron chi connectivity index (χ2n) is 9.55. The molecule has 0 N–H and O–H groups in total. The van der Waals surface area contributed by atoms with Gasteiger partial charge in [-0.15, -0.1) is 0 Å². The lowest BCUT2D eigenvalue weighted by molar-refractivity contribution is -0.153. The van der Waals surface area contributed by atoms with Gasteiger partial charge in [0.05, 0.1) is 19.1 Å². The van der Waals surface area contributed by atoms with E-state index in [2.05, 4.69) is 40.4 Å². The molecule has 1 saturated carbocycles. The molecule has 5 nitrogen and oxygen atoms in total. The molecule has 0 bridgehead atoms. The summed E-state index contributed by atoms with van der Waals surface area (Å²) in [7, 11) is -2.18. The molecule has 4 atom stereocenters. The Balaban J connectivity index is 2.48. The zero-order valence-corrected chi connectivity index (χ0v) is 18.5. The Bertz CT molecular complexity index is 620. The van der Waals surface area contributed by atoms with Crippen LogP contribution in [0.5, 0.6) is 0 Å². The van der Waals surface area contributed by atoms with Gasteiger partial charge in [0.2, 0.25) is 0 Å². The quantitative estimate of drug-likeness (QED) is 0.407. The van der Waals surface area contributed by atoms with Gasteiger partial charge in [0.25, 0.3) is 0 Å². The molecule has 148 valence electrons. The van der Waals surface area contributed by atoms with Gasteiger partial charge in [0.15, 0.2) is 8.32 Å². The van der Waals surface area contributed by atoms with Crippen LogP contribution in [0.25, 0.3) is 0 Å². The number of rotatable bonds is 5. The van der Waals surface area contributed by atoms with Crippen molar-refractivity contribution in [1.29, 1.82) is 0 Å². The molecule has 0 aromatic heterocycles. The Kier molecular flexibility index (Phi) is 5.27. The molecule has 1 unspecified atom stereocenters. The van der Waals surface area contributed by atoms with Crippen LogP contribution in [0.1, 0.15) is 48.0 Å². The van der Waals surface area contributed by atoms with Crippen LogP contribution >= 0.6 is 0 Å². The van der Waals surface area contributed by atoms with Gasteiger partial charge in [-0.3, -0.25) is 9.59 Å². The predicted molar refractivity (Wildman–Crippen MR) is 103 cm³/mol. The third kappa shape index (κ3) is 2.95. The number of hydrogen-bond donors (Lipinski definition) is 0. The first-order valence-electron chi connectivity index (χ1n) is 9.42. The second kappa shape index (κ2) is 6.48. The molecule has 2 fully saturated rings. The maximum Gasteiger partial charge on any atom is 0.315 e. The Labute approximate surface area is 158 Å². The van der Waals surface area contributed by atoms with Crippen LogP contribution in [0.3, 0.4) is 0 Å². The highest BCUT2D eigenvalue weighted by Gasteiger charge is 2.71. The highest BCUT2D eigenvalue weighted by atomic mass is 28.4. The van der Waals surface area contributed by atoms with Crippen LogP contribution in [0, 0.1) is 16.7 Å². The zero-order valence-electron chi connectivity index (χ0n) is 17.5. The molecule has 0 spiro atoms. The molecular formula is C20H34O5Si. The number of hydrogen-bond acceptors (Lipinski definition) is 5. The van der Waals surface area contributed by atoms with Gasteiger partial charge in [-0.2, -0.15) is 0 Å². The first-order chi connectivity index (χ1) is 11.7. The summed E-state index contributed by atoms with van der Waals surface area (Å²) >= 11 is 0. The number of carbonyl (C=O) groups is 2. The van der Waals surface area contributed by atoms with Crippen LogP contribution in [0.4, 0.5) is 0 Å². The largest absolute Gasteiger partial charge is 0.466 e. The van der Waals surface area contributed by atoms with Crippen molar-refractivity contribution in [2.24, 2.45) is 16.7 Å². The summed E-state index contributed by atoms with van der Waals surface area (Å²) in [6.07, 6.45) is -0.245. The highest BCUT2D eigenvalue weighted by Crippen LogP contribution is 2.64. The third-order valence-electron chi connectivity index (χ3n) is 7.07. The number of carbonyl (C=O) groups excluding carboxylic acids is 2. The molecule has 0 aromatic carbocycles. The molecule has 1 saturated heterocycles. The minimum absolute atomic E-state index is 0.0132. The van der Waals surface area contributed by atoms with Crippen molar-refractivity contribution in [3.63, 3.8) is 0 Å². The Morgan fingerprint density at radius 3 is 2.42 bits per heavy atom. The number of fused-ring (bicyclic) bond motifs is 1. The van der Waals surface area contributed by atoms with Gasteiger partial charge in [-0.25, -0.2) is 0 Å². The first kappa shape index (κ1) is 21.2. The molecular weight excluding hydrogens is 348 g/mol. The standard InChI is InChI=1S/C20H34O5Si/c1-10-23-15(21)11-14-13(2)19(6)12-24-17(22)20(19,7)16(14)25-26(8,9)18(3,4)5/h14,16H,2,10-12H2,1,3-9H3/t14?,16-,19-,20-/m0/s1. The smallest absolute Gasteiger partial charge is 0.315 e. The second-order valence-corrected chi connectivity index (χ2v) is 14.3. The molecule has 1 heterocycles. The van der Waals surface area contributed by atoms with Crippen molar-refractivity contribution in [3.8, 4) is 0 Å². The van der Waals surface area contributed by atoms with Crippen molar-refractivity contribution in [2.45, 2.75) is 72.2 Å². The lowest BCUT2D eigenvalue weighted by atomic mass is 9.68. The Morgan fingerprint density at radius 1 is 1.35 bits per heavy atom. The fourth-order valence-electron chi connectivity index (χ4n) is 3.91. The van der Waals surface area contributed by atoms with Crippen LogP contribution in [-0.4, -0.2) is 39.6 Å². The van der Waals surface area contributed by atoms with E-state index in [-0.39, 0.29) is 35.9 Å². The van der Waals surface area contributed by atoms with Crippen LogP contribution in [0.15, 0.2) is 12.2 Å². The van der Waals surface area contributed by atoms with E-state index in [0.717, 1.165) is 5.57 Å². The first-order valence-corrected chi connectivity index (χ1v) is 12.3. The van der Waals surface area contributed by atoms with Gasteiger partial charge in [0.1, 0.15) is 12.0 Å². The maximum atomic E-state index is 12.8. The molecule has 1 aliphatic heterocycles. The highest BCUT2D eigenvalue weighted by molar-refractivity contribution is 6.74. The summed E-state index contributed by atoms with van der Waals surface area (Å²) < 4.78 is 17.4. The van der Waals surface area contributed by atoms with Crippen molar-refractivity contribution < 1.29 is 23.5 Å². The van der Waals surface area contributed by atoms with Gasteiger partial charge < -0.3 is 13.9 Å². The van der Waals surface area contributed by atoms with Crippen molar-refractivity contribution in [1.82, 2.24) is 0 Å². The van der Waals surface area contributed by atoms with Crippen molar-refractivity contribution in [3.05, 3.63) is 12.2 Å². The van der Waals surface area contributed by atoms with E-state index < -0.39 is 25.3 Å². The van der Waals surface area contributed by atoms with Crippen LogP contribution in [-0.2, 0) is 23.5 Å². The molecule has 0 radical (unpaired) electrons. The van der Waals surface area contributed by atoms with Crippen LogP contribution < -0.4 is 0 Å². The minimum Gasteiger partial charge on any atom is -0.466 e. The van der Waals surface area contributed by atoms with E-state index in [4.69, 9.17) is 13.9 Å². The average molecular weight is 383 g/mol. The lowest BCUT2D eigenvalue weighted by Gasteiger charge is -2.43. The fourth-order valence-corrected chi connectivity index (χ4v) is 5.30. The summed E-state index contributed by atoms with van der Waals surface area (Å²) in [5.41, 5.74) is -0.506. The molecule has 1 aliphatic carbocycles. The zero-order chi connectivity index (χ0) is 20.1. The van der Waals surface area contributed by atoms with E-state index in [0.29, 0.717) is 6.61 Å². The lowest BCUT2D eigenvalue weighted by Crippen LogP contribution is -2.52. The SMILES string of the molecule is C=C1C(CC(=O)OCC)[C@H](O[Si](C)(C)C(C)(C)C)[C@@]2(C)C(=O)OC[C@@]12C. The maximum absolute atomic E-state index is 12.8. The van der Waals surface area contributed by atoms with Crippen LogP contribution in [0.2, 0.25) is 18.1 Å². The van der Waals surface area contributed by atoms with E-state index in [1.165, 1.54) is 0 Å². The normalized spacial score (nSPS) is 34.6. The number of ether oxygens (including phenoxy) is 2. The Morgan fingerprint density at radius 2 is 1.92 bits per heavy atom. The van der Waals surface area contributed by atoms with Gasteiger partial charge in [0, 0.05) is 11.3 Å². The summed E-state index contributed by atoms with van der Waals surface area (Å²) in [4.78, 5) is 25.0. The monoisotopic (exact) mass is 382 g/mol. The summed E-state index contributed by atoms with van der Waals surface area (Å²) in [5, 5.41) is -0.0132. The van der Waals surface area contributed by atoms with Gasteiger partial charge in [-0.05, 0) is 32.0 Å². The average Bonchev–Trinajstić information content (AvgIpc) is 2.82. The summed E-state index contributed by atoms with van der Waals surface area (Å²) in [6.45, 7) is 21.4. The topological polar surface area (TPSA) is 61.8 Å². The van der Waals surface area contributed by atoms with E-state index in [1.807, 2.05) is 13.8 Å². The van der Waals surface area contributed by atoms with Crippen molar-refractivity contribution >= 4 is 20.3 Å². The Hall–Kier alpha value is -1.14. The van der Waals surface area contributed by atoms with Gasteiger partial charge in [-0.1, -0.05) is 39.8 Å². The van der Waals surface area contributed by atoms with E-state index >= 15 is 0 Å². The third-order valence-corrected chi connectivity index (χ3v) is 11.5. The molecule has 2 aliphatic rings. The predicted octanol–water partition coefficient (Wildman–Crippen LogP) is 4.09. The summed E-state index contributed by atoms with van der Waals surface area (Å²) in [6, 6.07) is 0. The molecule has 0 amide bonds.